The van der Waals surface area contributed by atoms with Gasteiger partial charge in [-0.1, -0.05) is 0 Å². The van der Waals surface area contributed by atoms with Crippen molar-refractivity contribution >= 4 is 299 Å². The Morgan fingerprint density at radius 1 is 0.227 bits per heavy atom. The van der Waals surface area contributed by atoms with Crippen LogP contribution in [0.1, 0.15) is 0 Å². The van der Waals surface area contributed by atoms with Crippen LogP contribution in [0.5, 0.6) is 0 Å². The van der Waals surface area contributed by atoms with Crippen LogP contribution in [0.3, 0.4) is 0 Å². The quantitative estimate of drug-likeness (QED) is 0.204. The van der Waals surface area contributed by atoms with Crippen LogP contribution in [0, 0.1) is 0 Å². The molecule has 0 bridgehead atoms. The molecule has 0 saturated carbocycles. The Balaban J connectivity index is -0.00000000525. The molecule has 0 aromatic heterocycles. The third kappa shape index (κ3) is 4390. The average Bonchev–Trinajstić information content (AvgIpc) is 2.20. The molecule has 0 saturated heterocycles. The van der Waals surface area contributed by atoms with Crippen LogP contribution in [0.25, 0.3) is 0 Å². The molecule has 0 aromatic rings. The maximum atomic E-state index is 8.52. The normalized spacial score (nSPS) is 3.82. The zero-order chi connectivity index (χ0) is 25.0. The predicted octanol–water partition coefficient (Wildman–Crippen LogP) is -24.8. The summed E-state index contributed by atoms with van der Waals surface area (Å²) in [5, 5.41) is 0. The minimum absolute atomic E-state index is 0. The van der Waals surface area contributed by atoms with Gasteiger partial charge in [-0.3, -0.25) is 0 Å². The molecule has 0 spiro atoms. The molecule has 0 aromatic carbocycles. The number of hydrogen-bond donors (Lipinski definition) is 0. The minimum Gasteiger partial charge on any atom is -0.870 e. The zero-order valence-corrected chi connectivity index (χ0v) is 42.5. The summed E-state index contributed by atoms with van der Waals surface area (Å²) in [6.07, 6.45) is 0. The van der Waals surface area contributed by atoms with Crippen LogP contribution in [0.2, 0.25) is 0 Å². The molecule has 28 nitrogen and oxygen atoms in total. The molecule has 0 unspecified atom stereocenters. The second-order valence-electron chi connectivity index (χ2n) is 1.75. The van der Waals surface area contributed by atoms with Gasteiger partial charge in [-0.2, -0.15) is 0 Å². The standard InChI is InChI=1S/3Al.3Ca.3Mg.7O3Si.7H2O/c;;;;;;;;;7*1-4(2)3;;;;;;;/h;;;;;;;;;;;;;;;;7*1H2/q3*+3;6*+2;7*-2;;;;;;;/p-7. The van der Waals surface area contributed by atoms with E-state index in [4.69, 9.17) is 98.4 Å². The molecule has 224 valence electrons. The van der Waals surface area contributed by atoms with Crippen molar-refractivity contribution in [2.45, 2.75) is 0 Å². The third-order valence-corrected chi connectivity index (χ3v) is 0. The molecule has 0 aliphatic heterocycles. The van der Waals surface area contributed by atoms with Crippen molar-refractivity contribution in [3.63, 3.8) is 0 Å². The maximum absolute atomic E-state index is 8.52. The van der Waals surface area contributed by atoms with E-state index in [2.05, 4.69) is 0 Å². The van der Waals surface area contributed by atoms with E-state index in [0.717, 1.165) is 0 Å². The predicted molar refractivity (Wildman–Crippen MR) is 110 cm³/mol. The molecule has 0 rings (SSSR count). The third-order valence-electron chi connectivity index (χ3n) is 0. The van der Waals surface area contributed by atoms with E-state index in [1.54, 1.807) is 0 Å². The van der Waals surface area contributed by atoms with E-state index in [-0.39, 0.29) is 273 Å². The van der Waals surface area contributed by atoms with Gasteiger partial charge in [-0.25, -0.2) is 0 Å². The van der Waals surface area contributed by atoms with Crippen LogP contribution >= 0.6 is 0 Å². The molecule has 0 radical (unpaired) electrons. The van der Waals surface area contributed by atoms with Crippen LogP contribution < -0.4 is 67.1 Å². The Kier molecular flexibility index (Phi) is 600. The Morgan fingerprint density at radius 2 is 0.227 bits per heavy atom. The molecule has 0 heterocycles. The summed E-state index contributed by atoms with van der Waals surface area (Å²) in [5.41, 5.74) is 0. The van der Waals surface area contributed by atoms with Gasteiger partial charge in [0.05, 0.1) is 0 Å². The maximum Gasteiger partial charge on any atom is 3.00 e. The summed E-state index contributed by atoms with van der Waals surface area (Å²) in [5.74, 6) is 0. The summed E-state index contributed by atoms with van der Waals surface area (Å²) >= 11 is 0. The van der Waals surface area contributed by atoms with E-state index in [1.807, 2.05) is 0 Å². The SMILES string of the molecule is O=[Si]([O-])[O-].O=[Si]([O-])[O-].O=[Si]([O-])[O-].O=[Si]([O-])[O-].O=[Si]([O-])[O-].O=[Si]([O-])[O-].O=[Si]([O-])[O-].[Al+3].[Al+3].[Al+3].[Ca+2].[Ca+2].[Ca+2].[Mg+2].[Mg+2].[Mg+2].[OH-].[OH-].[OH-].[OH-].[OH-].[OH-].[OH-]. The molecule has 0 aliphatic rings. The van der Waals surface area contributed by atoms with E-state index >= 15 is 0 Å². The van der Waals surface area contributed by atoms with Crippen LogP contribution in [-0.2, 0) is 31.2 Å². The molecule has 7 N–H and O–H groups in total. The monoisotopic (exact) mass is 924 g/mol. The Bertz CT molecular complexity index is 351. The molecule has 44 heteroatoms. The van der Waals surface area contributed by atoms with Gasteiger partial charge in [0, 0.05) is 64.2 Å². The minimum atomic E-state index is -3.63. The van der Waals surface area contributed by atoms with Crippen molar-refractivity contribution in [2.24, 2.45) is 0 Å². The summed E-state index contributed by atoms with van der Waals surface area (Å²) in [6, 6.07) is 0. The van der Waals surface area contributed by atoms with E-state index < -0.39 is 64.2 Å². The fourth-order valence-electron chi connectivity index (χ4n) is 0. The first-order valence-corrected chi connectivity index (χ1v) is 12.9. The molecule has 0 atom stereocenters. The topological polar surface area (TPSA) is 652 Å². The molecular formula is H7Al3Ca3Mg3O28Si7. The van der Waals surface area contributed by atoms with Gasteiger partial charge in [0.2, 0.25) is 0 Å². The Morgan fingerprint density at radius 3 is 0.227 bits per heavy atom. The van der Waals surface area contributed by atoms with Crippen molar-refractivity contribution in [1.82, 2.24) is 0 Å². The Hall–Kier alpha value is 4.71. The second kappa shape index (κ2) is 157. The molecule has 44 heavy (non-hydrogen) atoms. The van der Waals surface area contributed by atoms with E-state index in [9.17, 15) is 0 Å². The average molecular weight is 926 g/mol. The fourth-order valence-corrected chi connectivity index (χ4v) is 0. The van der Waals surface area contributed by atoms with Gasteiger partial charge in [-0.15, -0.1) is 0 Å². The fraction of sp³-hybridized carbons (Fsp3) is 0. The van der Waals surface area contributed by atoms with Crippen LogP contribution in [0.4, 0.5) is 0 Å². The summed E-state index contributed by atoms with van der Waals surface area (Å²) in [7, 11) is -25.4. The smallest absolute Gasteiger partial charge is 0.870 e. The van der Waals surface area contributed by atoms with Gasteiger partial charge < -0.3 is 137 Å². The van der Waals surface area contributed by atoms with Gasteiger partial charge in [0.25, 0.3) is 0 Å². The van der Waals surface area contributed by atoms with E-state index in [1.165, 1.54) is 0 Å². The summed E-state index contributed by atoms with van der Waals surface area (Å²) in [4.78, 5) is 119. The van der Waals surface area contributed by atoms with Crippen molar-refractivity contribution in [3.05, 3.63) is 0 Å². The van der Waals surface area contributed by atoms with E-state index in [0.29, 0.717) is 0 Å². The molecule has 0 fully saturated rings. The first-order chi connectivity index (χ1) is 12.1. The van der Waals surface area contributed by atoms with Gasteiger partial charge in [-0.05, 0) is 0 Å². The molecular weight excluding hydrogens is 919 g/mol. The molecule has 0 amide bonds. The van der Waals surface area contributed by atoms with Gasteiger partial charge >= 0.3 is 234 Å². The van der Waals surface area contributed by atoms with Crippen LogP contribution in [0.15, 0.2) is 0 Å². The first-order valence-electron chi connectivity index (χ1n) is 4.29. The van der Waals surface area contributed by atoms with Crippen molar-refractivity contribution in [1.29, 1.82) is 0 Å². The van der Waals surface area contributed by atoms with Crippen molar-refractivity contribution in [2.75, 3.05) is 0 Å². The van der Waals surface area contributed by atoms with Crippen LogP contribution in [-0.4, -0.2) is 337 Å². The number of hydrogen-bond acceptors (Lipinski definition) is 28. The summed E-state index contributed by atoms with van der Waals surface area (Å²) < 4.78 is 59.6. The summed E-state index contributed by atoms with van der Waals surface area (Å²) in [6.45, 7) is 0. The van der Waals surface area contributed by atoms with Gasteiger partial charge in [0.15, 0.2) is 0 Å². The Labute approximate surface area is 427 Å². The first kappa shape index (κ1) is 168. The largest absolute Gasteiger partial charge is 3.00 e. The van der Waals surface area contributed by atoms with Gasteiger partial charge in [0.1, 0.15) is 0 Å². The zero-order valence-electron chi connectivity index (χ0n) is 21.2. The van der Waals surface area contributed by atoms with Crippen molar-refractivity contribution in [3.8, 4) is 0 Å². The molecule has 0 aliphatic carbocycles. The number of rotatable bonds is 0. The second-order valence-corrected chi connectivity index (χ2v) is 5.25. The van der Waals surface area contributed by atoms with Crippen molar-refractivity contribution < 1.29 is 137 Å².